The molecule has 3 nitrogen and oxygen atoms in total. The Bertz CT molecular complexity index is 464. The molecule has 0 radical (unpaired) electrons. The second-order valence-electron chi connectivity index (χ2n) is 6.10. The molecule has 1 unspecified atom stereocenters. The van der Waals surface area contributed by atoms with Gasteiger partial charge in [0.2, 0.25) is 0 Å². The number of nitrogens with one attached hydrogen (secondary N) is 1. The summed E-state index contributed by atoms with van der Waals surface area (Å²) in [7, 11) is 2.00. The smallest absolute Gasteiger partial charge is 0.123 e. The molecule has 0 saturated carbocycles. The Kier molecular flexibility index (Phi) is 6.64. The summed E-state index contributed by atoms with van der Waals surface area (Å²) in [5.74, 6) is -0.211. The van der Waals surface area contributed by atoms with Crippen LogP contribution in [0, 0.1) is 17.1 Å². The van der Waals surface area contributed by atoms with E-state index in [1.54, 1.807) is 12.1 Å². The summed E-state index contributed by atoms with van der Waals surface area (Å²) in [5, 5.41) is 12.6. The molecule has 0 fully saturated rings. The highest BCUT2D eigenvalue weighted by Crippen LogP contribution is 2.17. The molecular weight excluding hydrogens is 265 g/mol. The molecule has 0 aliphatic rings. The molecule has 1 aromatic rings. The maximum atomic E-state index is 12.9. The zero-order valence-electron chi connectivity index (χ0n) is 13.5. The first-order chi connectivity index (χ1) is 9.86. The third-order valence-corrected chi connectivity index (χ3v) is 3.54. The van der Waals surface area contributed by atoms with Crippen LogP contribution >= 0.6 is 0 Å². The normalized spacial score (nSPS) is 13.8. The Morgan fingerprint density at radius 1 is 1.29 bits per heavy atom. The lowest BCUT2D eigenvalue weighted by atomic mass is 9.95. The number of halogens is 1. The van der Waals surface area contributed by atoms with Crippen molar-refractivity contribution in [2.24, 2.45) is 0 Å². The standard InChI is InChI=1S/C17H26FN3/c1-14(2)20-17(3,13-19)11-5-6-12-21(4)16-9-7-15(18)8-10-16/h7-10,14,20H,5-6,11-12H2,1-4H3. The van der Waals surface area contributed by atoms with Gasteiger partial charge in [0.05, 0.1) is 6.07 Å². The Morgan fingerprint density at radius 2 is 1.90 bits per heavy atom. The van der Waals surface area contributed by atoms with Gasteiger partial charge in [-0.3, -0.25) is 5.32 Å². The Balaban J connectivity index is 2.36. The fourth-order valence-electron chi connectivity index (χ4n) is 2.45. The van der Waals surface area contributed by atoms with Gasteiger partial charge in [0.1, 0.15) is 11.4 Å². The number of hydrogen-bond donors (Lipinski definition) is 1. The molecular formula is C17H26FN3. The van der Waals surface area contributed by atoms with Gasteiger partial charge in [-0.2, -0.15) is 5.26 Å². The highest BCUT2D eigenvalue weighted by molar-refractivity contribution is 5.45. The maximum absolute atomic E-state index is 12.9. The summed E-state index contributed by atoms with van der Waals surface area (Å²) >= 11 is 0. The van der Waals surface area contributed by atoms with E-state index in [4.69, 9.17) is 0 Å². The predicted molar refractivity (Wildman–Crippen MR) is 85.8 cm³/mol. The van der Waals surface area contributed by atoms with E-state index < -0.39 is 5.54 Å². The van der Waals surface area contributed by atoms with Crippen molar-refractivity contribution >= 4 is 5.69 Å². The summed E-state index contributed by atoms with van der Waals surface area (Å²) in [6, 6.07) is 9.20. The van der Waals surface area contributed by atoms with Gasteiger partial charge >= 0.3 is 0 Å². The Morgan fingerprint density at radius 3 is 2.43 bits per heavy atom. The van der Waals surface area contributed by atoms with Gasteiger partial charge in [-0.25, -0.2) is 4.39 Å². The van der Waals surface area contributed by atoms with Crippen LogP contribution < -0.4 is 10.2 Å². The van der Waals surface area contributed by atoms with Crippen molar-refractivity contribution in [1.82, 2.24) is 5.32 Å². The second-order valence-corrected chi connectivity index (χ2v) is 6.10. The van der Waals surface area contributed by atoms with Crippen LogP contribution in [0.1, 0.15) is 40.0 Å². The highest BCUT2D eigenvalue weighted by Gasteiger charge is 2.23. The van der Waals surface area contributed by atoms with E-state index in [2.05, 4.69) is 30.1 Å². The van der Waals surface area contributed by atoms with Gasteiger partial charge in [-0.05, 0) is 64.3 Å². The average molecular weight is 291 g/mol. The zero-order chi connectivity index (χ0) is 15.9. The quantitative estimate of drug-likeness (QED) is 0.742. The molecule has 1 rings (SSSR count). The maximum Gasteiger partial charge on any atom is 0.123 e. The molecule has 0 amide bonds. The van der Waals surface area contributed by atoms with Crippen molar-refractivity contribution in [1.29, 1.82) is 5.26 Å². The van der Waals surface area contributed by atoms with Gasteiger partial charge in [-0.1, -0.05) is 0 Å². The molecule has 0 aliphatic heterocycles. The van der Waals surface area contributed by atoms with Crippen LogP contribution in [0.15, 0.2) is 24.3 Å². The van der Waals surface area contributed by atoms with Gasteiger partial charge in [-0.15, -0.1) is 0 Å². The molecule has 116 valence electrons. The van der Waals surface area contributed by atoms with Crippen LogP contribution in [0.25, 0.3) is 0 Å². The molecule has 0 spiro atoms. The van der Waals surface area contributed by atoms with Crippen LogP contribution in [-0.2, 0) is 0 Å². The number of unbranched alkanes of at least 4 members (excludes halogenated alkanes) is 1. The molecule has 0 heterocycles. The first-order valence-corrected chi connectivity index (χ1v) is 7.52. The minimum Gasteiger partial charge on any atom is -0.375 e. The molecule has 21 heavy (non-hydrogen) atoms. The fraction of sp³-hybridized carbons (Fsp3) is 0.588. The SMILES string of the molecule is CC(C)NC(C)(C#N)CCCCN(C)c1ccc(F)cc1. The second kappa shape index (κ2) is 7.99. The van der Waals surface area contributed by atoms with Gasteiger partial charge in [0.15, 0.2) is 0 Å². The van der Waals surface area contributed by atoms with Crippen LogP contribution in [0.2, 0.25) is 0 Å². The summed E-state index contributed by atoms with van der Waals surface area (Å²) in [5.41, 5.74) is 0.558. The van der Waals surface area contributed by atoms with E-state index in [1.165, 1.54) is 12.1 Å². The van der Waals surface area contributed by atoms with Crippen molar-refractivity contribution in [2.75, 3.05) is 18.5 Å². The number of nitrogens with zero attached hydrogens (tertiary/aromatic N) is 2. The van der Waals surface area contributed by atoms with Crippen molar-refractivity contribution < 1.29 is 4.39 Å². The topological polar surface area (TPSA) is 39.1 Å². The van der Waals surface area contributed by atoms with Crippen molar-refractivity contribution in [2.45, 2.75) is 51.6 Å². The summed E-state index contributed by atoms with van der Waals surface area (Å²) in [4.78, 5) is 2.11. The molecule has 0 aromatic heterocycles. The summed E-state index contributed by atoms with van der Waals surface area (Å²) < 4.78 is 12.9. The van der Waals surface area contributed by atoms with Gasteiger partial charge in [0.25, 0.3) is 0 Å². The van der Waals surface area contributed by atoms with E-state index in [9.17, 15) is 9.65 Å². The minimum atomic E-state index is -0.456. The first-order valence-electron chi connectivity index (χ1n) is 7.52. The van der Waals surface area contributed by atoms with Crippen LogP contribution in [0.5, 0.6) is 0 Å². The predicted octanol–water partition coefficient (Wildman–Crippen LogP) is 3.71. The van der Waals surface area contributed by atoms with E-state index in [-0.39, 0.29) is 5.82 Å². The lowest BCUT2D eigenvalue weighted by Crippen LogP contribution is -2.44. The van der Waals surface area contributed by atoms with Crippen LogP contribution in [-0.4, -0.2) is 25.2 Å². The lowest BCUT2D eigenvalue weighted by Gasteiger charge is -2.26. The first kappa shape index (κ1) is 17.5. The Hall–Kier alpha value is -1.60. The molecule has 0 bridgehead atoms. The largest absolute Gasteiger partial charge is 0.375 e. The third kappa shape index (κ3) is 6.14. The van der Waals surface area contributed by atoms with Crippen LogP contribution in [0.3, 0.4) is 0 Å². The lowest BCUT2D eigenvalue weighted by molar-refractivity contribution is 0.370. The van der Waals surface area contributed by atoms with Crippen LogP contribution in [0.4, 0.5) is 10.1 Å². The summed E-state index contributed by atoms with van der Waals surface area (Å²) in [6.45, 7) is 6.96. The zero-order valence-corrected chi connectivity index (χ0v) is 13.5. The average Bonchev–Trinajstić information content (AvgIpc) is 2.43. The number of rotatable bonds is 8. The Labute approximate surface area is 127 Å². The number of hydrogen-bond acceptors (Lipinski definition) is 3. The van der Waals surface area contributed by atoms with Gasteiger partial charge in [0, 0.05) is 25.3 Å². The highest BCUT2D eigenvalue weighted by atomic mass is 19.1. The van der Waals surface area contributed by atoms with Crippen molar-refractivity contribution in [3.05, 3.63) is 30.1 Å². The van der Waals surface area contributed by atoms with E-state index in [0.29, 0.717) is 6.04 Å². The van der Waals surface area contributed by atoms with E-state index in [1.807, 2.05) is 14.0 Å². The third-order valence-electron chi connectivity index (χ3n) is 3.54. The molecule has 4 heteroatoms. The van der Waals surface area contributed by atoms with E-state index >= 15 is 0 Å². The van der Waals surface area contributed by atoms with Crippen molar-refractivity contribution in [3.63, 3.8) is 0 Å². The molecule has 1 aromatic carbocycles. The minimum absolute atomic E-state index is 0.211. The fourth-order valence-corrected chi connectivity index (χ4v) is 2.45. The molecule has 0 saturated heterocycles. The van der Waals surface area contributed by atoms with Gasteiger partial charge < -0.3 is 4.90 Å². The molecule has 0 aliphatic carbocycles. The number of nitriles is 1. The number of benzene rings is 1. The summed E-state index contributed by atoms with van der Waals surface area (Å²) in [6.07, 6.45) is 2.82. The monoisotopic (exact) mass is 291 g/mol. The molecule has 1 N–H and O–H groups in total. The molecule has 1 atom stereocenters. The number of anilines is 1. The van der Waals surface area contributed by atoms with Crippen molar-refractivity contribution in [3.8, 4) is 6.07 Å². The van der Waals surface area contributed by atoms with E-state index in [0.717, 1.165) is 31.5 Å².